The van der Waals surface area contributed by atoms with Crippen molar-refractivity contribution in [2.24, 2.45) is 0 Å². The highest BCUT2D eigenvalue weighted by Gasteiger charge is 2.01. The van der Waals surface area contributed by atoms with Crippen molar-refractivity contribution >= 4 is 0 Å². The van der Waals surface area contributed by atoms with Gasteiger partial charge in [-0.1, -0.05) is 12.1 Å². The zero-order valence-electron chi connectivity index (χ0n) is 7.01. The molecule has 0 aliphatic heterocycles. The first-order chi connectivity index (χ1) is 5.77. The lowest BCUT2D eigenvalue weighted by molar-refractivity contribution is 0.386. The molecule has 0 saturated heterocycles. The van der Waals surface area contributed by atoms with Gasteiger partial charge in [0.15, 0.2) is 11.6 Å². The lowest BCUT2D eigenvalue weighted by Crippen LogP contribution is -1.90. The second-order valence-electron chi connectivity index (χ2n) is 2.46. The molecule has 0 bridgehead atoms. The zero-order chi connectivity index (χ0) is 8.97. The Kier molecular flexibility index (Phi) is 2.86. The molecule has 1 rings (SSSR count). The van der Waals surface area contributed by atoms with Gasteiger partial charge in [0.1, 0.15) is 0 Å². The Morgan fingerprint density at radius 2 is 2.33 bits per heavy atom. The van der Waals surface area contributed by atoms with Gasteiger partial charge in [0.2, 0.25) is 0 Å². The molecule has 0 saturated carbocycles. The van der Waals surface area contributed by atoms with E-state index >= 15 is 0 Å². The Hall–Kier alpha value is -1.31. The maximum atomic E-state index is 12.9. The van der Waals surface area contributed by atoms with Crippen molar-refractivity contribution in [1.82, 2.24) is 0 Å². The molecule has 1 nitrogen and oxygen atoms in total. The topological polar surface area (TPSA) is 9.23 Å². The van der Waals surface area contributed by atoms with E-state index in [2.05, 4.69) is 6.58 Å². The van der Waals surface area contributed by atoms with Crippen LogP contribution in [0.2, 0.25) is 0 Å². The molecule has 0 heterocycles. The highest BCUT2D eigenvalue weighted by molar-refractivity contribution is 5.31. The van der Waals surface area contributed by atoms with E-state index in [9.17, 15) is 4.39 Å². The molecule has 0 unspecified atom stereocenters. The van der Waals surface area contributed by atoms with Crippen molar-refractivity contribution in [3.8, 4) is 5.75 Å². The molecule has 0 N–H and O–H groups in total. The summed E-state index contributed by atoms with van der Waals surface area (Å²) in [6, 6.07) is 4.80. The molecule has 0 amide bonds. The zero-order valence-corrected chi connectivity index (χ0v) is 7.01. The van der Waals surface area contributed by atoms with Crippen molar-refractivity contribution < 1.29 is 9.13 Å². The lowest BCUT2D eigenvalue weighted by Gasteiger charge is -2.03. The fourth-order valence-corrected chi connectivity index (χ4v) is 0.998. The number of rotatable bonds is 3. The van der Waals surface area contributed by atoms with E-state index in [1.165, 1.54) is 13.2 Å². The van der Waals surface area contributed by atoms with Crippen LogP contribution in [0.25, 0.3) is 0 Å². The Balaban J connectivity index is 2.96. The average Bonchev–Trinajstić information content (AvgIpc) is 2.09. The minimum atomic E-state index is -0.328. The lowest BCUT2D eigenvalue weighted by atomic mass is 10.1. The molecular weight excluding hydrogens is 155 g/mol. The fraction of sp³-hybridized carbons (Fsp3) is 0.200. The molecular formula is C10H11FO. The number of methoxy groups -OCH3 is 1. The summed E-state index contributed by atoms with van der Waals surface area (Å²) in [5.74, 6) is -0.0420. The van der Waals surface area contributed by atoms with Crippen molar-refractivity contribution in [3.05, 3.63) is 42.2 Å². The van der Waals surface area contributed by atoms with Crippen LogP contribution in [0.4, 0.5) is 4.39 Å². The van der Waals surface area contributed by atoms with Gasteiger partial charge in [0.05, 0.1) is 7.11 Å². The van der Waals surface area contributed by atoms with E-state index in [1.807, 2.05) is 0 Å². The SMILES string of the molecule is C=CCc1ccc(F)c(OC)c1. The molecule has 0 spiro atoms. The molecule has 1 aromatic carbocycles. The maximum Gasteiger partial charge on any atom is 0.165 e. The molecule has 0 radical (unpaired) electrons. The average molecular weight is 166 g/mol. The van der Waals surface area contributed by atoms with Gasteiger partial charge >= 0.3 is 0 Å². The number of halogens is 1. The number of hydrogen-bond acceptors (Lipinski definition) is 1. The predicted octanol–water partition coefficient (Wildman–Crippen LogP) is 2.56. The third-order valence-corrected chi connectivity index (χ3v) is 1.60. The third-order valence-electron chi connectivity index (χ3n) is 1.60. The van der Waals surface area contributed by atoms with Crippen molar-refractivity contribution in [2.45, 2.75) is 6.42 Å². The van der Waals surface area contributed by atoms with Crippen LogP contribution in [0.5, 0.6) is 5.75 Å². The molecule has 2 heteroatoms. The van der Waals surface area contributed by atoms with Gasteiger partial charge in [-0.05, 0) is 24.1 Å². The summed E-state index contributed by atoms with van der Waals surface area (Å²) in [5.41, 5.74) is 1.00. The highest BCUT2D eigenvalue weighted by Crippen LogP contribution is 2.18. The first-order valence-electron chi connectivity index (χ1n) is 3.71. The van der Waals surface area contributed by atoms with Crippen LogP contribution in [0.15, 0.2) is 30.9 Å². The molecule has 0 atom stereocenters. The van der Waals surface area contributed by atoms with E-state index < -0.39 is 0 Å². The van der Waals surface area contributed by atoms with Crippen LogP contribution in [-0.4, -0.2) is 7.11 Å². The van der Waals surface area contributed by atoms with Crippen LogP contribution >= 0.6 is 0 Å². The van der Waals surface area contributed by atoms with Crippen LogP contribution in [-0.2, 0) is 6.42 Å². The second kappa shape index (κ2) is 3.90. The quantitative estimate of drug-likeness (QED) is 0.627. The molecule has 0 aromatic heterocycles. The highest BCUT2D eigenvalue weighted by atomic mass is 19.1. The van der Waals surface area contributed by atoms with Crippen molar-refractivity contribution in [2.75, 3.05) is 7.11 Å². The van der Waals surface area contributed by atoms with E-state index in [1.54, 1.807) is 18.2 Å². The minimum absolute atomic E-state index is 0.286. The Labute approximate surface area is 71.5 Å². The summed E-state index contributed by atoms with van der Waals surface area (Å²) in [6.45, 7) is 3.60. The Bertz CT molecular complexity index is 281. The maximum absolute atomic E-state index is 12.9. The van der Waals surface area contributed by atoms with Crippen molar-refractivity contribution in [3.63, 3.8) is 0 Å². The number of hydrogen-bond donors (Lipinski definition) is 0. The van der Waals surface area contributed by atoms with Crippen LogP contribution in [0.1, 0.15) is 5.56 Å². The van der Waals surface area contributed by atoms with Crippen LogP contribution in [0, 0.1) is 5.82 Å². The monoisotopic (exact) mass is 166 g/mol. The largest absolute Gasteiger partial charge is 0.494 e. The second-order valence-corrected chi connectivity index (χ2v) is 2.46. The van der Waals surface area contributed by atoms with Gasteiger partial charge in [-0.25, -0.2) is 4.39 Å². The van der Waals surface area contributed by atoms with E-state index in [0.29, 0.717) is 0 Å². The molecule has 12 heavy (non-hydrogen) atoms. The van der Waals surface area contributed by atoms with Crippen LogP contribution in [0.3, 0.4) is 0 Å². The first-order valence-corrected chi connectivity index (χ1v) is 3.71. The fourth-order valence-electron chi connectivity index (χ4n) is 0.998. The number of ether oxygens (including phenoxy) is 1. The molecule has 0 aliphatic carbocycles. The summed E-state index contributed by atoms with van der Waals surface area (Å²) in [4.78, 5) is 0. The van der Waals surface area contributed by atoms with Crippen molar-refractivity contribution in [1.29, 1.82) is 0 Å². The van der Waals surface area contributed by atoms with Gasteiger partial charge in [0.25, 0.3) is 0 Å². The molecule has 0 aliphatic rings. The number of benzene rings is 1. The summed E-state index contributed by atoms with van der Waals surface area (Å²) in [6.07, 6.45) is 2.50. The summed E-state index contributed by atoms with van der Waals surface area (Å²) in [5, 5.41) is 0. The van der Waals surface area contributed by atoms with E-state index in [0.717, 1.165) is 12.0 Å². The Morgan fingerprint density at radius 1 is 1.58 bits per heavy atom. The smallest absolute Gasteiger partial charge is 0.165 e. The van der Waals surface area contributed by atoms with Gasteiger partial charge in [-0.3, -0.25) is 0 Å². The van der Waals surface area contributed by atoms with Gasteiger partial charge in [-0.2, -0.15) is 0 Å². The number of allylic oxidation sites excluding steroid dienone is 1. The normalized spacial score (nSPS) is 9.50. The standard InChI is InChI=1S/C10H11FO/c1-3-4-8-5-6-9(11)10(7-8)12-2/h3,5-7H,1,4H2,2H3. The minimum Gasteiger partial charge on any atom is -0.494 e. The molecule has 0 fully saturated rings. The summed E-state index contributed by atoms with van der Waals surface area (Å²) < 4.78 is 17.7. The third kappa shape index (κ3) is 1.84. The van der Waals surface area contributed by atoms with Gasteiger partial charge in [-0.15, -0.1) is 6.58 Å². The molecule has 64 valence electrons. The first kappa shape index (κ1) is 8.78. The van der Waals surface area contributed by atoms with E-state index in [4.69, 9.17) is 4.74 Å². The van der Waals surface area contributed by atoms with E-state index in [-0.39, 0.29) is 11.6 Å². The molecule has 1 aromatic rings. The van der Waals surface area contributed by atoms with Gasteiger partial charge in [0, 0.05) is 0 Å². The van der Waals surface area contributed by atoms with Gasteiger partial charge < -0.3 is 4.74 Å². The summed E-state index contributed by atoms with van der Waals surface area (Å²) >= 11 is 0. The Morgan fingerprint density at radius 3 is 2.92 bits per heavy atom. The van der Waals surface area contributed by atoms with Crippen LogP contribution < -0.4 is 4.74 Å². The predicted molar refractivity (Wildman–Crippen MR) is 46.9 cm³/mol. The summed E-state index contributed by atoms with van der Waals surface area (Å²) in [7, 11) is 1.45.